The van der Waals surface area contributed by atoms with Crippen LogP contribution in [-0.2, 0) is 38.7 Å². The Morgan fingerprint density at radius 2 is 1.21 bits per heavy atom. The van der Waals surface area contributed by atoms with Crippen molar-refractivity contribution < 1.29 is 56.8 Å². The van der Waals surface area contributed by atoms with Crippen molar-refractivity contribution in [1.29, 1.82) is 0 Å². The Labute approximate surface area is 349 Å². The van der Waals surface area contributed by atoms with Gasteiger partial charge in [0.25, 0.3) is 10.1 Å². The number of rotatable bonds is 35. The molecule has 1 aliphatic rings. The molecule has 0 amide bonds. The zero-order valence-electron chi connectivity index (χ0n) is 35.4. The van der Waals surface area contributed by atoms with Crippen LogP contribution >= 0.6 is 0 Å². The molecule has 0 radical (unpaired) electrons. The van der Waals surface area contributed by atoms with Gasteiger partial charge in [-0.05, 0) is 51.4 Å². The van der Waals surface area contributed by atoms with Gasteiger partial charge in [-0.15, -0.1) is 0 Å². The number of ether oxygens (including phenoxy) is 4. The second kappa shape index (κ2) is 35.1. The Bertz CT molecular complexity index is 1310. The molecule has 1 fully saturated rings. The molecule has 6 atom stereocenters. The molecule has 0 bridgehead atoms. The monoisotopic (exact) mass is 841 g/mol. The van der Waals surface area contributed by atoms with Crippen LogP contribution in [0.1, 0.15) is 155 Å². The van der Waals surface area contributed by atoms with E-state index < -0.39 is 71.2 Å². The fraction of sp³-hybridized carbons (Fsp3) is 0.733. The van der Waals surface area contributed by atoms with Gasteiger partial charge in [-0.2, -0.15) is 8.42 Å². The molecular weight excluding hydrogens is 765 g/mol. The zero-order chi connectivity index (χ0) is 42.7. The van der Waals surface area contributed by atoms with Crippen LogP contribution in [0, 0.1) is 0 Å². The summed E-state index contributed by atoms with van der Waals surface area (Å²) >= 11 is 0. The second-order valence-electron chi connectivity index (χ2n) is 15.1. The molecular formula is C45H76O12S. The van der Waals surface area contributed by atoms with E-state index in [-0.39, 0.29) is 13.0 Å². The predicted octanol–water partition coefficient (Wildman–Crippen LogP) is 8.56. The van der Waals surface area contributed by atoms with Crippen LogP contribution in [0.5, 0.6) is 0 Å². The van der Waals surface area contributed by atoms with E-state index in [1.807, 2.05) is 6.08 Å². The molecule has 0 aromatic carbocycles. The summed E-state index contributed by atoms with van der Waals surface area (Å²) < 4.78 is 53.8. The number of esters is 2. The lowest BCUT2D eigenvalue weighted by Crippen LogP contribution is -2.60. The lowest BCUT2D eigenvalue weighted by Gasteiger charge is -2.40. The number of carbonyl (C=O) groups excluding carboxylic acids is 2. The number of carbonyl (C=O) groups is 2. The van der Waals surface area contributed by atoms with E-state index >= 15 is 0 Å². The largest absolute Gasteiger partial charge is 0.462 e. The van der Waals surface area contributed by atoms with E-state index in [0.29, 0.717) is 6.42 Å². The first-order valence-electron chi connectivity index (χ1n) is 21.9. The molecule has 13 heteroatoms. The Hall–Kier alpha value is -2.65. The molecule has 0 aromatic rings. The molecule has 2 unspecified atom stereocenters. The Morgan fingerprint density at radius 3 is 1.81 bits per heavy atom. The molecule has 1 heterocycles. The first-order valence-corrected chi connectivity index (χ1v) is 23.5. The van der Waals surface area contributed by atoms with E-state index in [1.54, 1.807) is 12.2 Å². The average Bonchev–Trinajstić information content (AvgIpc) is 3.18. The highest BCUT2D eigenvalue weighted by molar-refractivity contribution is 7.85. The van der Waals surface area contributed by atoms with E-state index in [0.717, 1.165) is 70.6 Å². The van der Waals surface area contributed by atoms with Crippen molar-refractivity contribution in [2.45, 2.75) is 192 Å². The van der Waals surface area contributed by atoms with Gasteiger partial charge in [-0.25, -0.2) is 4.79 Å². The highest BCUT2D eigenvalue weighted by Crippen LogP contribution is 2.24. The third kappa shape index (κ3) is 29.5. The Kier molecular flexibility index (Phi) is 32.3. The normalized spacial score (nSPS) is 21.0. The van der Waals surface area contributed by atoms with Crippen LogP contribution in [0.2, 0.25) is 0 Å². The predicted molar refractivity (Wildman–Crippen MR) is 229 cm³/mol. The van der Waals surface area contributed by atoms with Gasteiger partial charge in [0.15, 0.2) is 12.4 Å². The fourth-order valence-corrected chi connectivity index (χ4v) is 6.99. The summed E-state index contributed by atoms with van der Waals surface area (Å²) in [5.74, 6) is -2.28. The molecule has 334 valence electrons. The van der Waals surface area contributed by atoms with E-state index in [1.165, 1.54) is 63.9 Å². The van der Waals surface area contributed by atoms with Crippen molar-refractivity contribution in [2.75, 3.05) is 19.0 Å². The van der Waals surface area contributed by atoms with Crippen LogP contribution in [-0.4, -0.2) is 96.0 Å². The standard InChI is InChI=1S/C45H76O12S/c1-3-5-7-9-11-13-15-17-19-21-23-25-27-29-31-33-40(46)54-35-38(36-55-45-44(50)43(49)42(48)39(57-45)37-58(51,52)53)56-41(47)34-32-30-28-26-24-22-20-18-16-14-12-10-8-6-4-2/h5,7,11,13,17,19,28,30,32,34,38-39,42-45,48-50H,3-4,6,8-10,12,14-16,18,20-27,29,31,33,35-37H2,1-2H3,(H,51,52,53)/b7-5+,13-11+,19-17+,30-28+,34-32+/t38-,39-,42-,43?,44?,45+/m1/s1. The maximum Gasteiger partial charge on any atom is 0.331 e. The van der Waals surface area contributed by atoms with Gasteiger partial charge in [0.2, 0.25) is 0 Å². The number of allylic oxidation sites excluding steroid dienone is 9. The SMILES string of the molecule is CC/C=C/C/C=C/C/C=C/CCCCCCCC(=O)OC[C@H](CO[C@H]1O[C@H](CS(=O)(=O)O)[C@@H](O)C(O)C1O)OC(=O)/C=C/C=C/CCCCCCCCCCCCC. The highest BCUT2D eigenvalue weighted by atomic mass is 32.2. The summed E-state index contributed by atoms with van der Waals surface area (Å²) in [5.41, 5.74) is 0. The number of aliphatic hydroxyl groups excluding tert-OH is 3. The highest BCUT2D eigenvalue weighted by Gasteiger charge is 2.46. The Balaban J connectivity index is 2.53. The maximum absolute atomic E-state index is 12.7. The number of hydrogen-bond donors (Lipinski definition) is 4. The minimum atomic E-state index is -4.62. The second-order valence-corrected chi connectivity index (χ2v) is 16.5. The molecule has 0 aromatic heterocycles. The van der Waals surface area contributed by atoms with Gasteiger partial charge >= 0.3 is 11.9 Å². The molecule has 1 rings (SSSR count). The van der Waals surface area contributed by atoms with Gasteiger partial charge in [0.05, 0.1) is 6.61 Å². The summed E-state index contributed by atoms with van der Waals surface area (Å²) in [6.07, 6.45) is 33.3. The van der Waals surface area contributed by atoms with Crippen molar-refractivity contribution in [3.63, 3.8) is 0 Å². The first kappa shape index (κ1) is 53.4. The van der Waals surface area contributed by atoms with Crippen LogP contribution in [0.25, 0.3) is 0 Å². The minimum Gasteiger partial charge on any atom is -0.462 e. The molecule has 4 N–H and O–H groups in total. The summed E-state index contributed by atoms with van der Waals surface area (Å²) in [7, 11) is -4.62. The molecule has 1 saturated heterocycles. The van der Waals surface area contributed by atoms with Gasteiger partial charge in [0.1, 0.15) is 36.8 Å². The number of aliphatic hydroxyl groups is 3. The average molecular weight is 841 g/mol. The quantitative estimate of drug-likeness (QED) is 0.0119. The number of hydrogen-bond acceptors (Lipinski definition) is 11. The molecule has 12 nitrogen and oxygen atoms in total. The van der Waals surface area contributed by atoms with Crippen molar-refractivity contribution in [1.82, 2.24) is 0 Å². The maximum atomic E-state index is 12.7. The molecule has 0 saturated carbocycles. The van der Waals surface area contributed by atoms with E-state index in [2.05, 4.69) is 50.3 Å². The van der Waals surface area contributed by atoms with Crippen LogP contribution < -0.4 is 0 Å². The molecule has 0 spiro atoms. The molecule has 58 heavy (non-hydrogen) atoms. The van der Waals surface area contributed by atoms with Crippen molar-refractivity contribution in [2.24, 2.45) is 0 Å². The summed E-state index contributed by atoms with van der Waals surface area (Å²) in [4.78, 5) is 25.2. The fourth-order valence-electron chi connectivity index (χ4n) is 6.30. The molecule has 1 aliphatic heterocycles. The topological polar surface area (TPSA) is 186 Å². The van der Waals surface area contributed by atoms with Crippen molar-refractivity contribution in [3.05, 3.63) is 60.8 Å². The van der Waals surface area contributed by atoms with Crippen molar-refractivity contribution >= 4 is 22.1 Å². The van der Waals surface area contributed by atoms with Gasteiger partial charge < -0.3 is 34.3 Å². The van der Waals surface area contributed by atoms with Crippen LogP contribution in [0.3, 0.4) is 0 Å². The third-order valence-corrected chi connectivity index (χ3v) is 10.4. The number of unbranched alkanes of at least 4 members (excludes halogenated alkanes) is 16. The van der Waals surface area contributed by atoms with Gasteiger partial charge in [0, 0.05) is 12.5 Å². The van der Waals surface area contributed by atoms with Crippen molar-refractivity contribution in [3.8, 4) is 0 Å². The smallest absolute Gasteiger partial charge is 0.331 e. The van der Waals surface area contributed by atoms with E-state index in [9.17, 15) is 37.9 Å². The van der Waals surface area contributed by atoms with Crippen LogP contribution in [0.15, 0.2) is 60.8 Å². The first-order chi connectivity index (χ1) is 28.0. The lowest BCUT2D eigenvalue weighted by molar-refractivity contribution is -0.297. The summed E-state index contributed by atoms with van der Waals surface area (Å²) in [5, 5.41) is 30.8. The Morgan fingerprint density at radius 1 is 0.655 bits per heavy atom. The van der Waals surface area contributed by atoms with Crippen LogP contribution in [0.4, 0.5) is 0 Å². The zero-order valence-corrected chi connectivity index (χ0v) is 36.2. The van der Waals surface area contributed by atoms with Gasteiger partial charge in [-0.1, -0.05) is 152 Å². The third-order valence-electron chi connectivity index (χ3n) is 9.69. The van der Waals surface area contributed by atoms with Gasteiger partial charge in [-0.3, -0.25) is 9.35 Å². The van der Waals surface area contributed by atoms with E-state index in [4.69, 9.17) is 18.9 Å². The summed E-state index contributed by atoms with van der Waals surface area (Å²) in [6.45, 7) is 3.52. The summed E-state index contributed by atoms with van der Waals surface area (Å²) in [6, 6.07) is 0. The lowest BCUT2D eigenvalue weighted by atomic mass is 10.00. The minimum absolute atomic E-state index is 0.177. The molecule has 0 aliphatic carbocycles.